The van der Waals surface area contributed by atoms with Crippen LogP contribution in [-0.4, -0.2) is 46.1 Å². The lowest BCUT2D eigenvalue weighted by Gasteiger charge is -2.29. The van der Waals surface area contributed by atoms with Gasteiger partial charge in [0.15, 0.2) is 0 Å². The topological polar surface area (TPSA) is 58.6 Å². The largest absolute Gasteiger partial charge is 0.433 e. The Bertz CT molecular complexity index is 667. The molecular formula is C16H23ClF2N2O3S. The third-order valence-corrected chi connectivity index (χ3v) is 5.79. The average Bonchev–Trinajstić information content (AvgIpc) is 2.55. The summed E-state index contributed by atoms with van der Waals surface area (Å²) in [6.45, 7) is 2.21. The number of sulfonamides is 1. The van der Waals surface area contributed by atoms with Crippen LogP contribution in [0.4, 0.5) is 8.78 Å². The van der Waals surface area contributed by atoms with E-state index in [1.54, 1.807) is 0 Å². The van der Waals surface area contributed by atoms with Crippen molar-refractivity contribution in [3.63, 3.8) is 0 Å². The van der Waals surface area contributed by atoms with Gasteiger partial charge in [-0.2, -0.15) is 8.78 Å². The van der Waals surface area contributed by atoms with E-state index < -0.39 is 16.6 Å². The van der Waals surface area contributed by atoms with Gasteiger partial charge in [-0.1, -0.05) is 24.9 Å². The Kier molecular flexibility index (Phi) is 7.42. The van der Waals surface area contributed by atoms with Gasteiger partial charge in [-0.25, -0.2) is 13.1 Å². The highest BCUT2D eigenvalue weighted by molar-refractivity contribution is 7.89. The SMILES string of the molecule is CC(CNS(=O)(=O)c1ccc(OC(F)F)c(Cl)c1)CN1CCCCC1. The zero-order valence-electron chi connectivity index (χ0n) is 14.1. The fourth-order valence-electron chi connectivity index (χ4n) is 2.82. The molecule has 25 heavy (non-hydrogen) atoms. The van der Waals surface area contributed by atoms with Crippen LogP contribution in [0.15, 0.2) is 23.1 Å². The van der Waals surface area contributed by atoms with Gasteiger partial charge in [0, 0.05) is 13.1 Å². The number of rotatable bonds is 8. The highest BCUT2D eigenvalue weighted by Crippen LogP contribution is 2.28. The summed E-state index contributed by atoms with van der Waals surface area (Å²) in [5.41, 5.74) is 0. The number of hydrogen-bond donors (Lipinski definition) is 1. The molecule has 0 amide bonds. The van der Waals surface area contributed by atoms with Crippen LogP contribution < -0.4 is 9.46 Å². The first kappa shape index (κ1) is 20.4. The standard InChI is InChI=1S/C16H23ClF2N2O3S/c1-12(11-21-7-3-2-4-8-21)10-20-25(22,23)13-5-6-15(14(17)9-13)24-16(18)19/h5-6,9,12,16,20H,2-4,7-8,10-11H2,1H3. The minimum Gasteiger partial charge on any atom is -0.433 e. The smallest absolute Gasteiger partial charge is 0.387 e. The number of ether oxygens (including phenoxy) is 1. The van der Waals surface area contributed by atoms with Gasteiger partial charge in [0.05, 0.1) is 9.92 Å². The Morgan fingerprint density at radius 3 is 2.56 bits per heavy atom. The van der Waals surface area contributed by atoms with E-state index in [1.165, 1.54) is 25.3 Å². The molecule has 0 aliphatic carbocycles. The van der Waals surface area contributed by atoms with Gasteiger partial charge in [0.25, 0.3) is 0 Å². The van der Waals surface area contributed by atoms with Crippen LogP contribution >= 0.6 is 11.6 Å². The Balaban J connectivity index is 1.93. The summed E-state index contributed by atoms with van der Waals surface area (Å²) in [4.78, 5) is 2.26. The maximum atomic E-state index is 12.3. The van der Waals surface area contributed by atoms with Crippen LogP contribution in [0, 0.1) is 5.92 Å². The summed E-state index contributed by atoms with van der Waals surface area (Å²) in [5, 5.41) is -0.176. The predicted molar refractivity (Wildman–Crippen MR) is 92.7 cm³/mol. The summed E-state index contributed by atoms with van der Waals surface area (Å²) >= 11 is 5.81. The van der Waals surface area contributed by atoms with Crippen molar-refractivity contribution >= 4 is 21.6 Å². The molecule has 0 spiro atoms. The summed E-state index contributed by atoms with van der Waals surface area (Å²) in [7, 11) is -3.76. The van der Waals surface area contributed by atoms with Gasteiger partial charge in [-0.3, -0.25) is 0 Å². The molecule has 1 N–H and O–H groups in total. The summed E-state index contributed by atoms with van der Waals surface area (Å²) < 4.78 is 55.9. The van der Waals surface area contributed by atoms with Crippen LogP contribution in [0.3, 0.4) is 0 Å². The van der Waals surface area contributed by atoms with Gasteiger partial charge in [-0.05, 0) is 50.0 Å². The zero-order valence-corrected chi connectivity index (χ0v) is 15.6. The quantitative estimate of drug-likeness (QED) is 0.732. The van der Waals surface area contributed by atoms with E-state index in [0.717, 1.165) is 31.8 Å². The monoisotopic (exact) mass is 396 g/mol. The minimum absolute atomic E-state index is 0.0794. The van der Waals surface area contributed by atoms with E-state index in [9.17, 15) is 17.2 Å². The number of nitrogens with zero attached hydrogens (tertiary/aromatic N) is 1. The third-order valence-electron chi connectivity index (χ3n) is 4.07. The molecule has 0 radical (unpaired) electrons. The number of piperidine rings is 1. The molecule has 1 aromatic rings. The fourth-order valence-corrected chi connectivity index (χ4v) is 4.30. The normalized spacial score (nSPS) is 17.6. The molecule has 1 heterocycles. The Hall–Kier alpha value is -0.960. The van der Waals surface area contributed by atoms with Crippen molar-refractivity contribution in [2.45, 2.75) is 37.7 Å². The van der Waals surface area contributed by atoms with E-state index in [-0.39, 0.29) is 21.6 Å². The molecule has 1 aliphatic heterocycles. The number of hydrogen-bond acceptors (Lipinski definition) is 4. The fraction of sp³-hybridized carbons (Fsp3) is 0.625. The molecule has 1 fully saturated rings. The van der Waals surface area contributed by atoms with Crippen molar-refractivity contribution in [3.8, 4) is 5.75 Å². The Morgan fingerprint density at radius 2 is 1.96 bits per heavy atom. The Morgan fingerprint density at radius 1 is 1.28 bits per heavy atom. The second-order valence-electron chi connectivity index (χ2n) is 6.29. The molecular weight excluding hydrogens is 374 g/mol. The van der Waals surface area contributed by atoms with Gasteiger partial charge in [0.1, 0.15) is 5.75 Å². The van der Waals surface area contributed by atoms with E-state index in [4.69, 9.17) is 11.6 Å². The van der Waals surface area contributed by atoms with E-state index in [2.05, 4.69) is 14.4 Å². The molecule has 1 atom stereocenters. The molecule has 142 valence electrons. The van der Waals surface area contributed by atoms with Gasteiger partial charge in [-0.15, -0.1) is 0 Å². The van der Waals surface area contributed by atoms with E-state index >= 15 is 0 Å². The van der Waals surface area contributed by atoms with Crippen LogP contribution in [-0.2, 0) is 10.0 Å². The number of alkyl halides is 2. The maximum Gasteiger partial charge on any atom is 0.387 e. The highest BCUT2D eigenvalue weighted by Gasteiger charge is 2.19. The molecule has 5 nitrogen and oxygen atoms in total. The first-order chi connectivity index (χ1) is 11.8. The number of halogens is 3. The molecule has 0 bridgehead atoms. The van der Waals surface area contributed by atoms with Crippen LogP contribution in [0.25, 0.3) is 0 Å². The van der Waals surface area contributed by atoms with Crippen molar-refractivity contribution in [1.82, 2.24) is 9.62 Å². The second-order valence-corrected chi connectivity index (χ2v) is 8.46. The molecule has 0 saturated carbocycles. The van der Waals surface area contributed by atoms with Crippen molar-refractivity contribution in [2.75, 3.05) is 26.2 Å². The number of likely N-dealkylation sites (tertiary alicyclic amines) is 1. The molecule has 2 rings (SSSR count). The van der Waals surface area contributed by atoms with Gasteiger partial charge < -0.3 is 9.64 Å². The van der Waals surface area contributed by atoms with Crippen molar-refractivity contribution in [2.24, 2.45) is 5.92 Å². The highest BCUT2D eigenvalue weighted by atomic mass is 35.5. The second kappa shape index (κ2) is 9.12. The van der Waals surface area contributed by atoms with E-state index in [0.29, 0.717) is 6.54 Å². The first-order valence-corrected chi connectivity index (χ1v) is 10.1. The van der Waals surface area contributed by atoms with Gasteiger partial charge >= 0.3 is 6.61 Å². The molecule has 0 aromatic heterocycles. The van der Waals surface area contributed by atoms with E-state index in [1.807, 2.05) is 6.92 Å². The molecule has 1 saturated heterocycles. The summed E-state index contributed by atoms with van der Waals surface area (Å²) in [6.07, 6.45) is 3.62. The van der Waals surface area contributed by atoms with Gasteiger partial charge in [0.2, 0.25) is 10.0 Å². The maximum absolute atomic E-state index is 12.3. The van der Waals surface area contributed by atoms with Crippen molar-refractivity contribution in [3.05, 3.63) is 23.2 Å². The van der Waals surface area contributed by atoms with Crippen molar-refractivity contribution < 1.29 is 21.9 Å². The predicted octanol–water partition coefficient (Wildman–Crippen LogP) is 3.34. The van der Waals surface area contributed by atoms with Crippen LogP contribution in [0.1, 0.15) is 26.2 Å². The lowest BCUT2D eigenvalue weighted by atomic mass is 10.1. The molecule has 1 unspecified atom stereocenters. The van der Waals surface area contributed by atoms with Crippen LogP contribution in [0.2, 0.25) is 5.02 Å². The first-order valence-electron chi connectivity index (χ1n) is 8.24. The third kappa shape index (κ3) is 6.36. The summed E-state index contributed by atoms with van der Waals surface area (Å²) in [6, 6.07) is 3.43. The molecule has 1 aliphatic rings. The average molecular weight is 397 g/mol. The Labute approximate surface area is 152 Å². The summed E-state index contributed by atoms with van der Waals surface area (Å²) in [5.74, 6) is -0.0983. The molecule has 1 aromatic carbocycles. The number of nitrogens with one attached hydrogen (secondary N) is 1. The lowest BCUT2D eigenvalue weighted by molar-refractivity contribution is -0.0498. The zero-order chi connectivity index (χ0) is 18.4. The lowest BCUT2D eigenvalue weighted by Crippen LogP contribution is -2.38. The number of benzene rings is 1. The molecule has 9 heteroatoms. The minimum atomic E-state index is -3.76. The van der Waals surface area contributed by atoms with Crippen molar-refractivity contribution in [1.29, 1.82) is 0 Å². The van der Waals surface area contributed by atoms with Crippen LogP contribution in [0.5, 0.6) is 5.75 Å².